The van der Waals surface area contributed by atoms with E-state index in [1.165, 1.54) is 6.42 Å². The van der Waals surface area contributed by atoms with E-state index in [4.69, 9.17) is 5.26 Å². The Hall–Kier alpha value is -0.770. The molecule has 0 aromatic rings. The zero-order chi connectivity index (χ0) is 6.69. The summed E-state index contributed by atoms with van der Waals surface area (Å²) in [6.07, 6.45) is 5.26. The lowest BCUT2D eigenvalue weighted by atomic mass is 10.1. The van der Waals surface area contributed by atoms with Crippen LogP contribution < -0.4 is 0 Å². The summed E-state index contributed by atoms with van der Waals surface area (Å²) in [7, 11) is 0. The number of nitrogens with zero attached hydrogens (tertiary/aromatic N) is 1. The fourth-order valence-electron chi connectivity index (χ4n) is 1.35. The first-order valence-corrected chi connectivity index (χ1v) is 3.39. The second kappa shape index (κ2) is 2.68. The van der Waals surface area contributed by atoms with Crippen LogP contribution in [0.3, 0.4) is 0 Å². The summed E-state index contributed by atoms with van der Waals surface area (Å²) in [6, 6.07) is 2.28. The average Bonchev–Trinajstić information content (AvgIpc) is 2.34. The first kappa shape index (κ1) is 6.35. The Morgan fingerprint density at radius 2 is 2.33 bits per heavy atom. The van der Waals surface area contributed by atoms with E-state index in [1.807, 2.05) is 6.08 Å². The summed E-state index contributed by atoms with van der Waals surface area (Å²) in [5.41, 5.74) is 0. The molecule has 1 aliphatic rings. The van der Waals surface area contributed by atoms with Gasteiger partial charge in [-0.3, -0.25) is 0 Å². The SMILES string of the molecule is C=C[C@H]1CC[C@@H](C#N)C1. The molecule has 2 atom stereocenters. The van der Waals surface area contributed by atoms with Crippen LogP contribution >= 0.6 is 0 Å². The van der Waals surface area contributed by atoms with Gasteiger partial charge in [0, 0.05) is 5.92 Å². The Bertz CT molecular complexity index is 143. The monoisotopic (exact) mass is 121 g/mol. The van der Waals surface area contributed by atoms with Gasteiger partial charge in [0.15, 0.2) is 0 Å². The predicted octanol–water partition coefficient (Wildman–Crippen LogP) is 2.11. The van der Waals surface area contributed by atoms with Crippen molar-refractivity contribution in [1.82, 2.24) is 0 Å². The van der Waals surface area contributed by atoms with E-state index in [1.54, 1.807) is 0 Å². The molecule has 0 amide bonds. The van der Waals surface area contributed by atoms with Gasteiger partial charge < -0.3 is 0 Å². The summed E-state index contributed by atoms with van der Waals surface area (Å²) in [5.74, 6) is 0.933. The van der Waals surface area contributed by atoms with Crippen LogP contribution in [0.2, 0.25) is 0 Å². The Balaban J connectivity index is 2.39. The smallest absolute Gasteiger partial charge is 0.0656 e. The highest BCUT2D eigenvalue weighted by atomic mass is 14.3. The second-order valence-electron chi connectivity index (χ2n) is 2.63. The third-order valence-corrected chi connectivity index (χ3v) is 1.99. The number of allylic oxidation sites excluding steroid dienone is 1. The molecule has 0 N–H and O–H groups in total. The van der Waals surface area contributed by atoms with Crippen molar-refractivity contribution in [1.29, 1.82) is 5.26 Å². The van der Waals surface area contributed by atoms with Crippen molar-refractivity contribution in [2.45, 2.75) is 19.3 Å². The number of rotatable bonds is 1. The van der Waals surface area contributed by atoms with E-state index in [9.17, 15) is 0 Å². The van der Waals surface area contributed by atoms with Gasteiger partial charge in [0.2, 0.25) is 0 Å². The van der Waals surface area contributed by atoms with E-state index in [0.29, 0.717) is 11.8 Å². The molecule has 0 heterocycles. The van der Waals surface area contributed by atoms with Crippen molar-refractivity contribution < 1.29 is 0 Å². The molecule has 9 heavy (non-hydrogen) atoms. The molecule has 1 saturated carbocycles. The minimum Gasteiger partial charge on any atom is -0.198 e. The molecular formula is C8H11N. The highest BCUT2D eigenvalue weighted by Gasteiger charge is 2.21. The van der Waals surface area contributed by atoms with Gasteiger partial charge in [0.05, 0.1) is 6.07 Å². The van der Waals surface area contributed by atoms with Gasteiger partial charge in [-0.25, -0.2) is 0 Å². The molecule has 1 fully saturated rings. The minimum absolute atomic E-state index is 0.313. The molecule has 1 nitrogen and oxygen atoms in total. The summed E-state index contributed by atoms with van der Waals surface area (Å²) in [4.78, 5) is 0. The lowest BCUT2D eigenvalue weighted by Gasteiger charge is -1.96. The van der Waals surface area contributed by atoms with Gasteiger partial charge in [-0.15, -0.1) is 6.58 Å². The van der Waals surface area contributed by atoms with Crippen molar-refractivity contribution in [3.8, 4) is 6.07 Å². The summed E-state index contributed by atoms with van der Waals surface area (Å²) >= 11 is 0. The summed E-state index contributed by atoms with van der Waals surface area (Å²) in [5, 5.41) is 8.50. The Kier molecular flexibility index (Phi) is 1.89. The normalized spacial score (nSPS) is 33.7. The van der Waals surface area contributed by atoms with Crippen molar-refractivity contribution in [2.24, 2.45) is 11.8 Å². The van der Waals surface area contributed by atoms with Gasteiger partial charge in [0.25, 0.3) is 0 Å². The van der Waals surface area contributed by atoms with Gasteiger partial charge in [-0.2, -0.15) is 5.26 Å². The fraction of sp³-hybridized carbons (Fsp3) is 0.625. The van der Waals surface area contributed by atoms with Crippen LogP contribution in [0.15, 0.2) is 12.7 Å². The molecule has 0 unspecified atom stereocenters. The van der Waals surface area contributed by atoms with Crippen LogP contribution in [-0.2, 0) is 0 Å². The third kappa shape index (κ3) is 1.32. The standard InChI is InChI=1S/C8H11N/c1-2-7-3-4-8(5-7)6-9/h2,7-8H,1,3-5H2/t7-,8+/m0/s1. The molecule has 0 spiro atoms. The minimum atomic E-state index is 0.313. The molecule has 1 heteroatoms. The second-order valence-corrected chi connectivity index (χ2v) is 2.63. The molecule has 0 aliphatic heterocycles. The van der Waals surface area contributed by atoms with E-state index in [-0.39, 0.29) is 0 Å². The van der Waals surface area contributed by atoms with Gasteiger partial charge in [-0.1, -0.05) is 6.08 Å². The zero-order valence-corrected chi connectivity index (χ0v) is 5.51. The zero-order valence-electron chi connectivity index (χ0n) is 5.51. The van der Waals surface area contributed by atoms with Crippen molar-refractivity contribution in [2.75, 3.05) is 0 Å². The van der Waals surface area contributed by atoms with E-state index < -0.39 is 0 Å². The fourth-order valence-corrected chi connectivity index (χ4v) is 1.35. The lowest BCUT2D eigenvalue weighted by molar-refractivity contribution is 0.649. The number of nitriles is 1. The Morgan fingerprint density at radius 1 is 1.56 bits per heavy atom. The maximum Gasteiger partial charge on any atom is 0.0656 e. The van der Waals surface area contributed by atoms with Gasteiger partial charge in [-0.05, 0) is 25.2 Å². The summed E-state index contributed by atoms with van der Waals surface area (Å²) in [6.45, 7) is 3.70. The van der Waals surface area contributed by atoms with Crippen molar-refractivity contribution in [3.05, 3.63) is 12.7 Å². The molecule has 0 aromatic carbocycles. The molecule has 48 valence electrons. The molecule has 0 saturated heterocycles. The van der Waals surface area contributed by atoms with Crippen molar-refractivity contribution >= 4 is 0 Å². The molecule has 0 bridgehead atoms. The van der Waals surface area contributed by atoms with Gasteiger partial charge in [0.1, 0.15) is 0 Å². The quantitative estimate of drug-likeness (QED) is 0.487. The van der Waals surface area contributed by atoms with Crippen LogP contribution in [-0.4, -0.2) is 0 Å². The lowest BCUT2D eigenvalue weighted by Crippen LogP contribution is -1.89. The molecule has 1 aliphatic carbocycles. The predicted molar refractivity (Wildman–Crippen MR) is 36.6 cm³/mol. The maximum atomic E-state index is 8.50. The van der Waals surface area contributed by atoms with E-state index in [2.05, 4.69) is 12.6 Å². The highest BCUT2D eigenvalue weighted by molar-refractivity contribution is 4.95. The molecule has 0 radical (unpaired) electrons. The number of hydrogen-bond acceptors (Lipinski definition) is 1. The number of hydrogen-bond donors (Lipinski definition) is 0. The maximum absolute atomic E-state index is 8.50. The molecule has 1 rings (SSSR count). The topological polar surface area (TPSA) is 23.8 Å². The average molecular weight is 121 g/mol. The van der Waals surface area contributed by atoms with Crippen LogP contribution in [0.4, 0.5) is 0 Å². The Labute approximate surface area is 56.0 Å². The largest absolute Gasteiger partial charge is 0.198 e. The Morgan fingerprint density at radius 3 is 2.67 bits per heavy atom. The summed E-state index contributed by atoms with van der Waals surface area (Å²) < 4.78 is 0. The molecular weight excluding hydrogens is 110 g/mol. The van der Waals surface area contributed by atoms with E-state index >= 15 is 0 Å². The first-order valence-electron chi connectivity index (χ1n) is 3.39. The van der Waals surface area contributed by atoms with Crippen LogP contribution in [0, 0.1) is 23.2 Å². The van der Waals surface area contributed by atoms with E-state index in [0.717, 1.165) is 12.8 Å². The highest BCUT2D eigenvalue weighted by Crippen LogP contribution is 2.30. The third-order valence-electron chi connectivity index (χ3n) is 1.99. The first-order chi connectivity index (χ1) is 4.36. The van der Waals surface area contributed by atoms with Crippen LogP contribution in [0.1, 0.15) is 19.3 Å². The van der Waals surface area contributed by atoms with Crippen LogP contribution in [0.5, 0.6) is 0 Å². The van der Waals surface area contributed by atoms with Crippen LogP contribution in [0.25, 0.3) is 0 Å². The molecule has 0 aromatic heterocycles. The van der Waals surface area contributed by atoms with Crippen molar-refractivity contribution in [3.63, 3.8) is 0 Å². The van der Waals surface area contributed by atoms with Gasteiger partial charge >= 0.3 is 0 Å².